The standard InChI is InChI=1S/C11H9IN2O4S2/c1-6-4-7(12)2-3-8(6)14-20(17,18)11-9(10(15)16)13-5-19-11/h2-5,14H,1H3,(H,15,16). The van der Waals surface area contributed by atoms with Crippen LogP contribution in [0.15, 0.2) is 27.9 Å². The number of nitrogens with zero attached hydrogens (tertiary/aromatic N) is 1. The predicted octanol–water partition coefficient (Wildman–Crippen LogP) is 2.56. The number of sulfonamides is 1. The van der Waals surface area contributed by atoms with Crippen LogP contribution in [0, 0.1) is 10.5 Å². The Bertz CT molecular complexity index is 770. The van der Waals surface area contributed by atoms with E-state index in [1.807, 2.05) is 6.07 Å². The van der Waals surface area contributed by atoms with Crippen molar-refractivity contribution < 1.29 is 18.3 Å². The van der Waals surface area contributed by atoms with Gasteiger partial charge < -0.3 is 5.11 Å². The molecule has 106 valence electrons. The molecule has 0 amide bonds. The van der Waals surface area contributed by atoms with Crippen LogP contribution in [0.5, 0.6) is 0 Å². The molecule has 0 aliphatic carbocycles. The zero-order chi connectivity index (χ0) is 14.9. The third-order valence-electron chi connectivity index (χ3n) is 2.41. The second-order valence-corrected chi connectivity index (χ2v) is 7.84. The lowest BCUT2D eigenvalue weighted by molar-refractivity contribution is 0.0687. The molecule has 9 heteroatoms. The zero-order valence-corrected chi connectivity index (χ0v) is 13.9. The molecule has 1 aromatic heterocycles. The summed E-state index contributed by atoms with van der Waals surface area (Å²) in [5.74, 6) is -1.37. The number of carboxylic acids is 1. The van der Waals surface area contributed by atoms with Gasteiger partial charge in [0.15, 0.2) is 9.90 Å². The number of hydrogen-bond donors (Lipinski definition) is 2. The minimum Gasteiger partial charge on any atom is -0.476 e. The Hall–Kier alpha value is -1.20. The number of carbonyl (C=O) groups is 1. The van der Waals surface area contributed by atoms with Crippen molar-refractivity contribution in [1.82, 2.24) is 4.98 Å². The van der Waals surface area contributed by atoms with E-state index in [9.17, 15) is 13.2 Å². The van der Waals surface area contributed by atoms with Crippen LogP contribution >= 0.6 is 33.9 Å². The van der Waals surface area contributed by atoms with E-state index in [2.05, 4.69) is 32.3 Å². The van der Waals surface area contributed by atoms with E-state index in [0.29, 0.717) is 5.69 Å². The predicted molar refractivity (Wildman–Crippen MR) is 83.8 cm³/mol. The van der Waals surface area contributed by atoms with Crippen molar-refractivity contribution in [3.8, 4) is 0 Å². The van der Waals surface area contributed by atoms with Crippen molar-refractivity contribution in [2.75, 3.05) is 4.72 Å². The number of anilines is 1. The molecule has 20 heavy (non-hydrogen) atoms. The Balaban J connectivity index is 2.41. The van der Waals surface area contributed by atoms with Gasteiger partial charge in [0, 0.05) is 3.57 Å². The van der Waals surface area contributed by atoms with E-state index >= 15 is 0 Å². The molecule has 0 unspecified atom stereocenters. The molecule has 0 saturated heterocycles. The second kappa shape index (κ2) is 5.66. The van der Waals surface area contributed by atoms with Crippen LogP contribution in [0.2, 0.25) is 0 Å². The van der Waals surface area contributed by atoms with Crippen LogP contribution < -0.4 is 4.72 Å². The molecular weight excluding hydrogens is 415 g/mol. The Morgan fingerprint density at radius 3 is 2.75 bits per heavy atom. The van der Waals surface area contributed by atoms with Crippen LogP contribution in [-0.2, 0) is 10.0 Å². The smallest absolute Gasteiger partial charge is 0.356 e. The first-order valence-corrected chi connectivity index (χ1v) is 8.71. The molecule has 2 N–H and O–H groups in total. The van der Waals surface area contributed by atoms with E-state index in [0.717, 1.165) is 20.5 Å². The van der Waals surface area contributed by atoms with Gasteiger partial charge >= 0.3 is 5.97 Å². The first-order chi connectivity index (χ1) is 9.31. The van der Waals surface area contributed by atoms with Crippen LogP contribution in [-0.4, -0.2) is 24.5 Å². The van der Waals surface area contributed by atoms with Crippen molar-refractivity contribution in [2.45, 2.75) is 11.1 Å². The lowest BCUT2D eigenvalue weighted by atomic mass is 10.2. The molecule has 0 aliphatic heterocycles. The average molecular weight is 424 g/mol. The molecule has 0 fully saturated rings. The molecule has 0 spiro atoms. The normalized spacial score (nSPS) is 11.3. The molecule has 0 radical (unpaired) electrons. The van der Waals surface area contributed by atoms with E-state index in [1.54, 1.807) is 19.1 Å². The molecule has 0 aliphatic rings. The molecule has 0 saturated carbocycles. The minimum absolute atomic E-state index is 0.303. The summed E-state index contributed by atoms with van der Waals surface area (Å²) in [6.07, 6.45) is 0. The summed E-state index contributed by atoms with van der Waals surface area (Å²) < 4.78 is 27.5. The Morgan fingerprint density at radius 1 is 1.45 bits per heavy atom. The highest BCUT2D eigenvalue weighted by molar-refractivity contribution is 14.1. The molecule has 0 atom stereocenters. The first-order valence-electron chi connectivity index (χ1n) is 5.27. The highest BCUT2D eigenvalue weighted by atomic mass is 127. The van der Waals surface area contributed by atoms with Crippen molar-refractivity contribution in [3.05, 3.63) is 38.5 Å². The largest absolute Gasteiger partial charge is 0.476 e. The van der Waals surface area contributed by atoms with Crippen molar-refractivity contribution in [3.63, 3.8) is 0 Å². The third kappa shape index (κ3) is 3.10. The van der Waals surface area contributed by atoms with Crippen LogP contribution in [0.4, 0.5) is 5.69 Å². The van der Waals surface area contributed by atoms with Crippen LogP contribution in [0.3, 0.4) is 0 Å². The molecular formula is C11H9IN2O4S2. The van der Waals surface area contributed by atoms with Crippen LogP contribution in [0.1, 0.15) is 16.1 Å². The maximum Gasteiger partial charge on any atom is 0.356 e. The quantitative estimate of drug-likeness (QED) is 0.736. The van der Waals surface area contributed by atoms with E-state index in [4.69, 9.17) is 5.11 Å². The number of carboxylic acid groups (broad SMARTS) is 1. The van der Waals surface area contributed by atoms with Gasteiger partial charge in [0.05, 0.1) is 11.2 Å². The number of benzene rings is 1. The van der Waals surface area contributed by atoms with Gasteiger partial charge in [0.25, 0.3) is 10.0 Å². The highest BCUT2D eigenvalue weighted by Crippen LogP contribution is 2.25. The maximum atomic E-state index is 12.2. The average Bonchev–Trinajstić information content (AvgIpc) is 2.82. The summed E-state index contributed by atoms with van der Waals surface area (Å²) >= 11 is 2.89. The maximum absolute atomic E-state index is 12.2. The van der Waals surface area contributed by atoms with Gasteiger partial charge in [-0.25, -0.2) is 18.2 Å². The number of aromatic nitrogens is 1. The molecule has 1 aromatic carbocycles. The number of aromatic carboxylic acids is 1. The second-order valence-electron chi connectivity index (χ2n) is 3.86. The van der Waals surface area contributed by atoms with Crippen molar-refractivity contribution >= 4 is 55.6 Å². The topological polar surface area (TPSA) is 96.4 Å². The van der Waals surface area contributed by atoms with Gasteiger partial charge in [-0.15, -0.1) is 11.3 Å². The number of halogens is 1. The summed E-state index contributed by atoms with van der Waals surface area (Å²) in [6.45, 7) is 1.77. The number of thiazole rings is 1. The molecule has 2 aromatic rings. The van der Waals surface area contributed by atoms with Gasteiger partial charge in [-0.1, -0.05) is 0 Å². The SMILES string of the molecule is Cc1cc(I)ccc1NS(=O)(=O)c1scnc1C(=O)O. The molecule has 6 nitrogen and oxygen atoms in total. The molecule has 0 bridgehead atoms. The Morgan fingerprint density at radius 2 is 2.15 bits per heavy atom. The lowest BCUT2D eigenvalue weighted by Gasteiger charge is -2.09. The van der Waals surface area contributed by atoms with Gasteiger partial charge in [-0.2, -0.15) is 0 Å². The fourth-order valence-corrected chi connectivity index (χ4v) is 4.42. The van der Waals surface area contributed by atoms with Gasteiger partial charge in [0.2, 0.25) is 0 Å². The van der Waals surface area contributed by atoms with Crippen LogP contribution in [0.25, 0.3) is 0 Å². The van der Waals surface area contributed by atoms with Crippen molar-refractivity contribution in [1.29, 1.82) is 0 Å². The van der Waals surface area contributed by atoms with Gasteiger partial charge in [-0.05, 0) is 53.3 Å². The summed E-state index contributed by atoms with van der Waals surface area (Å²) in [6, 6.07) is 5.22. The number of nitrogens with one attached hydrogen (secondary N) is 1. The van der Waals surface area contributed by atoms with Gasteiger partial charge in [-0.3, -0.25) is 4.72 Å². The zero-order valence-electron chi connectivity index (χ0n) is 10.1. The lowest BCUT2D eigenvalue weighted by Crippen LogP contribution is -2.16. The number of rotatable bonds is 4. The first kappa shape index (κ1) is 15.2. The fraction of sp³-hybridized carbons (Fsp3) is 0.0909. The fourth-order valence-electron chi connectivity index (χ4n) is 1.50. The Labute approximate surface area is 133 Å². The number of hydrogen-bond acceptors (Lipinski definition) is 5. The Kier molecular flexibility index (Phi) is 4.30. The molecule has 1 heterocycles. The van der Waals surface area contributed by atoms with E-state index in [1.165, 1.54) is 5.51 Å². The highest BCUT2D eigenvalue weighted by Gasteiger charge is 2.26. The minimum atomic E-state index is -3.96. The van der Waals surface area contributed by atoms with Gasteiger partial charge in [0.1, 0.15) is 0 Å². The third-order valence-corrected chi connectivity index (χ3v) is 5.82. The van der Waals surface area contributed by atoms with E-state index in [-0.39, 0.29) is 4.21 Å². The summed E-state index contributed by atoms with van der Waals surface area (Å²) in [5.41, 5.74) is 1.89. The monoisotopic (exact) mass is 424 g/mol. The number of aryl methyl sites for hydroxylation is 1. The summed E-state index contributed by atoms with van der Waals surface area (Å²) in [5, 5.41) is 8.93. The molecule has 2 rings (SSSR count). The van der Waals surface area contributed by atoms with E-state index < -0.39 is 21.7 Å². The summed E-state index contributed by atoms with van der Waals surface area (Å²) in [7, 11) is -3.96. The summed E-state index contributed by atoms with van der Waals surface area (Å²) in [4.78, 5) is 14.5. The van der Waals surface area contributed by atoms with Crippen molar-refractivity contribution in [2.24, 2.45) is 0 Å².